The fraction of sp³-hybridized carbons (Fsp3) is 0.857. The third-order valence-electron chi connectivity index (χ3n) is 4.30. The van der Waals surface area contributed by atoms with Gasteiger partial charge >= 0.3 is 0 Å². The Bertz CT molecular complexity index is 394. The van der Waals surface area contributed by atoms with Gasteiger partial charge in [-0.15, -0.1) is 10.2 Å². The molecule has 0 bridgehead atoms. The number of nitrogens with two attached hydrogens (primary N) is 1. The topological polar surface area (TPSA) is 56.7 Å². The summed E-state index contributed by atoms with van der Waals surface area (Å²) in [6, 6.07) is 0. The second-order valence-corrected chi connectivity index (χ2v) is 6.12. The maximum absolute atomic E-state index is 5.77. The molecule has 102 valence electrons. The molecule has 2 N–H and O–H groups in total. The van der Waals surface area contributed by atoms with E-state index in [9.17, 15) is 0 Å². The summed E-state index contributed by atoms with van der Waals surface area (Å²) in [6.45, 7) is 8.39. The van der Waals surface area contributed by atoms with Gasteiger partial charge in [0.05, 0.1) is 6.54 Å². The van der Waals surface area contributed by atoms with Crippen LogP contribution in [0.15, 0.2) is 0 Å². The normalized spacial score (nSPS) is 23.2. The van der Waals surface area contributed by atoms with Gasteiger partial charge in [0.15, 0.2) is 0 Å². The SMILES string of the molecule is CCCn1c(CN)nnc1C1CCCCC1(C)C. The molecule has 2 rings (SSSR count). The number of nitrogens with zero attached hydrogens (tertiary/aromatic N) is 3. The molecule has 4 nitrogen and oxygen atoms in total. The van der Waals surface area contributed by atoms with E-state index in [2.05, 4.69) is 35.5 Å². The van der Waals surface area contributed by atoms with Gasteiger partial charge in [-0.2, -0.15) is 0 Å². The van der Waals surface area contributed by atoms with Gasteiger partial charge < -0.3 is 10.3 Å². The summed E-state index contributed by atoms with van der Waals surface area (Å²) < 4.78 is 2.26. The Morgan fingerprint density at radius 1 is 1.33 bits per heavy atom. The molecule has 0 aliphatic heterocycles. The standard InChI is InChI=1S/C14H26N4/c1-4-9-18-12(10-15)16-17-13(18)11-7-5-6-8-14(11,2)3/h11H,4-10,15H2,1-3H3. The van der Waals surface area contributed by atoms with Crippen molar-refractivity contribution < 1.29 is 0 Å². The highest BCUT2D eigenvalue weighted by Crippen LogP contribution is 2.46. The first kappa shape index (κ1) is 13.5. The van der Waals surface area contributed by atoms with Crippen LogP contribution in [0.4, 0.5) is 0 Å². The number of rotatable bonds is 4. The van der Waals surface area contributed by atoms with Gasteiger partial charge in [-0.1, -0.05) is 33.6 Å². The Kier molecular flexibility index (Phi) is 4.05. The minimum absolute atomic E-state index is 0.336. The number of aromatic nitrogens is 3. The Balaban J connectivity index is 2.34. The predicted molar refractivity (Wildman–Crippen MR) is 73.2 cm³/mol. The van der Waals surface area contributed by atoms with Crippen molar-refractivity contribution in [1.82, 2.24) is 14.8 Å². The van der Waals surface area contributed by atoms with Crippen molar-refractivity contribution in [1.29, 1.82) is 0 Å². The summed E-state index contributed by atoms with van der Waals surface area (Å²) in [5.41, 5.74) is 6.10. The molecule has 1 heterocycles. The molecular formula is C14H26N4. The fourth-order valence-electron chi connectivity index (χ4n) is 3.20. The molecule has 1 atom stereocenters. The van der Waals surface area contributed by atoms with Crippen LogP contribution >= 0.6 is 0 Å². The molecule has 1 aliphatic rings. The Labute approximate surface area is 110 Å². The second-order valence-electron chi connectivity index (χ2n) is 6.12. The van der Waals surface area contributed by atoms with Crippen LogP contribution in [0, 0.1) is 5.41 Å². The van der Waals surface area contributed by atoms with Gasteiger partial charge in [-0.25, -0.2) is 0 Å². The quantitative estimate of drug-likeness (QED) is 0.894. The lowest BCUT2D eigenvalue weighted by Crippen LogP contribution is -2.29. The van der Waals surface area contributed by atoms with Crippen molar-refractivity contribution in [2.24, 2.45) is 11.1 Å². The first-order valence-electron chi connectivity index (χ1n) is 7.22. The lowest BCUT2D eigenvalue weighted by Gasteiger charge is -2.38. The van der Waals surface area contributed by atoms with Crippen LogP contribution in [-0.4, -0.2) is 14.8 Å². The lowest BCUT2D eigenvalue weighted by molar-refractivity contribution is 0.188. The zero-order chi connectivity index (χ0) is 13.2. The number of hydrogen-bond donors (Lipinski definition) is 1. The van der Waals surface area contributed by atoms with Crippen molar-refractivity contribution >= 4 is 0 Å². The average Bonchev–Trinajstić information content (AvgIpc) is 2.72. The Morgan fingerprint density at radius 3 is 2.72 bits per heavy atom. The van der Waals surface area contributed by atoms with Crippen LogP contribution in [0.3, 0.4) is 0 Å². The highest BCUT2D eigenvalue weighted by molar-refractivity contribution is 5.08. The largest absolute Gasteiger partial charge is 0.324 e. The van der Waals surface area contributed by atoms with Crippen molar-refractivity contribution in [2.75, 3.05) is 0 Å². The van der Waals surface area contributed by atoms with Crippen molar-refractivity contribution in [3.05, 3.63) is 11.6 Å². The molecule has 1 unspecified atom stereocenters. The monoisotopic (exact) mass is 250 g/mol. The summed E-state index contributed by atoms with van der Waals surface area (Å²) in [5.74, 6) is 2.64. The van der Waals surface area contributed by atoms with Crippen LogP contribution in [0.1, 0.15) is 70.4 Å². The molecule has 18 heavy (non-hydrogen) atoms. The van der Waals surface area contributed by atoms with Gasteiger partial charge in [0.1, 0.15) is 11.6 Å². The summed E-state index contributed by atoms with van der Waals surface area (Å²) in [4.78, 5) is 0. The van der Waals surface area contributed by atoms with Crippen LogP contribution in [-0.2, 0) is 13.1 Å². The molecule has 1 fully saturated rings. The zero-order valence-electron chi connectivity index (χ0n) is 11.9. The van der Waals surface area contributed by atoms with Crippen LogP contribution < -0.4 is 5.73 Å². The fourth-order valence-corrected chi connectivity index (χ4v) is 3.20. The third-order valence-corrected chi connectivity index (χ3v) is 4.30. The summed E-state index contributed by atoms with van der Waals surface area (Å²) in [7, 11) is 0. The first-order valence-corrected chi connectivity index (χ1v) is 7.22. The minimum Gasteiger partial charge on any atom is -0.324 e. The summed E-state index contributed by atoms with van der Waals surface area (Å²) in [6.07, 6.45) is 6.28. The maximum atomic E-state index is 5.77. The average molecular weight is 250 g/mol. The van der Waals surface area contributed by atoms with Gasteiger partial charge in [-0.3, -0.25) is 0 Å². The summed E-state index contributed by atoms with van der Waals surface area (Å²) >= 11 is 0. The molecule has 0 saturated heterocycles. The predicted octanol–water partition coefficient (Wildman–Crippen LogP) is 2.83. The molecule has 1 aliphatic carbocycles. The molecule has 4 heteroatoms. The smallest absolute Gasteiger partial charge is 0.146 e. The van der Waals surface area contributed by atoms with Crippen LogP contribution in [0.2, 0.25) is 0 Å². The molecule has 1 saturated carbocycles. The zero-order valence-corrected chi connectivity index (χ0v) is 11.9. The minimum atomic E-state index is 0.336. The van der Waals surface area contributed by atoms with Crippen molar-refractivity contribution in [3.63, 3.8) is 0 Å². The Hall–Kier alpha value is -0.900. The molecule has 0 spiro atoms. The number of hydrogen-bond acceptors (Lipinski definition) is 3. The van der Waals surface area contributed by atoms with Crippen LogP contribution in [0.25, 0.3) is 0 Å². The Morgan fingerprint density at radius 2 is 2.11 bits per heavy atom. The third kappa shape index (κ3) is 2.44. The van der Waals surface area contributed by atoms with Crippen molar-refractivity contribution in [2.45, 2.75) is 71.9 Å². The molecule has 0 amide bonds. The van der Waals surface area contributed by atoms with E-state index in [1.807, 2.05) is 0 Å². The molecule has 0 aromatic carbocycles. The van der Waals surface area contributed by atoms with Gasteiger partial charge in [-0.05, 0) is 24.7 Å². The van der Waals surface area contributed by atoms with Crippen LogP contribution in [0.5, 0.6) is 0 Å². The summed E-state index contributed by atoms with van der Waals surface area (Å²) in [5, 5.41) is 8.74. The second kappa shape index (κ2) is 5.39. The highest BCUT2D eigenvalue weighted by Gasteiger charge is 2.36. The van der Waals surface area contributed by atoms with Crippen molar-refractivity contribution in [3.8, 4) is 0 Å². The van der Waals surface area contributed by atoms with E-state index in [0.29, 0.717) is 17.9 Å². The first-order chi connectivity index (χ1) is 8.60. The van der Waals surface area contributed by atoms with Gasteiger partial charge in [0.25, 0.3) is 0 Å². The van der Waals surface area contributed by atoms with Gasteiger partial charge in [0.2, 0.25) is 0 Å². The maximum Gasteiger partial charge on any atom is 0.146 e. The van der Waals surface area contributed by atoms with E-state index in [-0.39, 0.29) is 0 Å². The molecular weight excluding hydrogens is 224 g/mol. The van der Waals surface area contributed by atoms with E-state index in [4.69, 9.17) is 5.73 Å². The van der Waals surface area contributed by atoms with Gasteiger partial charge in [0, 0.05) is 12.5 Å². The molecule has 1 aromatic rings. The lowest BCUT2D eigenvalue weighted by atomic mass is 9.68. The van der Waals surface area contributed by atoms with E-state index >= 15 is 0 Å². The van der Waals surface area contributed by atoms with E-state index in [1.54, 1.807) is 0 Å². The molecule has 0 radical (unpaired) electrons. The van der Waals surface area contributed by atoms with E-state index in [1.165, 1.54) is 31.5 Å². The molecule has 1 aromatic heterocycles. The highest BCUT2D eigenvalue weighted by atomic mass is 15.3. The van der Waals surface area contributed by atoms with E-state index in [0.717, 1.165) is 18.8 Å². The van der Waals surface area contributed by atoms with E-state index < -0.39 is 0 Å².